The second-order valence-corrected chi connectivity index (χ2v) is 11.2. The molecule has 4 rings (SSSR count). The maximum Gasteiger partial charge on any atom is 0.306 e. The molecule has 3 saturated carbocycles. The van der Waals surface area contributed by atoms with Crippen LogP contribution in [0.3, 0.4) is 0 Å². The standard InChI is InChI=1S/C27H34F2O7/c1-5-6-23(34)36-26(22(33)14-35-15(2)30)10-8-17-18-12-20(28)19-11-16(31)7-9-24(19,3)27(18,29)21(32)13-25(17,26)4/h7,9,11,17-18,20-21,32H,5-6,8,10,12-14H2,1-4H3/t17-,18-,20-,21+,24-,25-,26+,27+/m0/s1. The highest BCUT2D eigenvalue weighted by Gasteiger charge is 2.76. The van der Waals surface area contributed by atoms with Gasteiger partial charge >= 0.3 is 11.9 Å². The van der Waals surface area contributed by atoms with Gasteiger partial charge in [-0.1, -0.05) is 19.9 Å². The molecule has 8 atom stereocenters. The van der Waals surface area contributed by atoms with E-state index in [4.69, 9.17) is 9.47 Å². The van der Waals surface area contributed by atoms with Gasteiger partial charge in [0.2, 0.25) is 5.78 Å². The minimum Gasteiger partial charge on any atom is -0.458 e. The largest absolute Gasteiger partial charge is 0.458 e. The van der Waals surface area contributed by atoms with Crippen molar-refractivity contribution >= 4 is 23.5 Å². The van der Waals surface area contributed by atoms with Crippen molar-refractivity contribution in [1.82, 2.24) is 0 Å². The van der Waals surface area contributed by atoms with Crippen LogP contribution in [-0.2, 0) is 28.7 Å². The molecule has 1 N–H and O–H groups in total. The van der Waals surface area contributed by atoms with Gasteiger partial charge in [0, 0.05) is 30.1 Å². The average Bonchev–Trinajstić information content (AvgIpc) is 3.08. The normalized spacial score (nSPS) is 43.1. The molecule has 0 bridgehead atoms. The van der Waals surface area contributed by atoms with E-state index in [1.54, 1.807) is 13.8 Å². The van der Waals surface area contributed by atoms with Gasteiger partial charge in [-0.05, 0) is 62.7 Å². The Labute approximate surface area is 209 Å². The van der Waals surface area contributed by atoms with Crippen LogP contribution in [0.5, 0.6) is 0 Å². The van der Waals surface area contributed by atoms with E-state index in [1.165, 1.54) is 19.1 Å². The summed E-state index contributed by atoms with van der Waals surface area (Å²) in [6.07, 6.45) is 0.783. The zero-order chi connectivity index (χ0) is 26.7. The summed E-state index contributed by atoms with van der Waals surface area (Å²) in [5, 5.41) is 11.4. The summed E-state index contributed by atoms with van der Waals surface area (Å²) in [4.78, 5) is 49.6. The molecule has 0 aliphatic heterocycles. The van der Waals surface area contributed by atoms with Crippen LogP contribution in [0.25, 0.3) is 0 Å². The first-order valence-corrected chi connectivity index (χ1v) is 12.6. The predicted octanol–water partition coefficient (Wildman–Crippen LogP) is 3.52. The molecule has 4 aliphatic rings. The molecule has 4 aliphatic carbocycles. The van der Waals surface area contributed by atoms with Crippen molar-refractivity contribution in [2.75, 3.05) is 6.61 Å². The van der Waals surface area contributed by atoms with Gasteiger partial charge < -0.3 is 14.6 Å². The van der Waals surface area contributed by atoms with E-state index in [-0.39, 0.29) is 37.7 Å². The van der Waals surface area contributed by atoms with Gasteiger partial charge in [0.25, 0.3) is 0 Å². The fourth-order valence-corrected chi connectivity index (χ4v) is 7.61. The lowest BCUT2D eigenvalue weighted by Crippen LogP contribution is -2.70. The number of carbonyl (C=O) groups is 4. The van der Waals surface area contributed by atoms with E-state index in [0.29, 0.717) is 6.42 Å². The number of hydrogen-bond acceptors (Lipinski definition) is 7. The summed E-state index contributed by atoms with van der Waals surface area (Å²) in [6.45, 7) is 5.50. The number of fused-ring (bicyclic) bond motifs is 5. The Balaban J connectivity index is 1.80. The van der Waals surface area contributed by atoms with Crippen molar-refractivity contribution in [2.24, 2.45) is 22.7 Å². The van der Waals surface area contributed by atoms with Crippen LogP contribution in [0.4, 0.5) is 8.78 Å². The fourth-order valence-electron chi connectivity index (χ4n) is 7.61. The zero-order valence-corrected chi connectivity index (χ0v) is 21.1. The number of allylic oxidation sites excluding steroid dienone is 4. The molecule has 0 aromatic heterocycles. The molecular formula is C27H34F2O7. The predicted molar refractivity (Wildman–Crippen MR) is 124 cm³/mol. The topological polar surface area (TPSA) is 107 Å². The number of rotatable bonds is 6. The van der Waals surface area contributed by atoms with Gasteiger partial charge in [-0.15, -0.1) is 0 Å². The molecule has 0 aromatic rings. The highest BCUT2D eigenvalue weighted by atomic mass is 19.1. The Bertz CT molecular complexity index is 1050. The first kappa shape index (κ1) is 26.6. The van der Waals surface area contributed by atoms with Crippen molar-refractivity contribution in [3.8, 4) is 0 Å². The smallest absolute Gasteiger partial charge is 0.306 e. The third kappa shape index (κ3) is 3.52. The second kappa shape index (κ2) is 8.85. The van der Waals surface area contributed by atoms with Crippen LogP contribution in [0.1, 0.15) is 66.2 Å². The Morgan fingerprint density at radius 3 is 2.56 bits per heavy atom. The van der Waals surface area contributed by atoms with Gasteiger partial charge in [-0.2, -0.15) is 0 Å². The highest BCUT2D eigenvalue weighted by molar-refractivity contribution is 6.01. The lowest BCUT2D eigenvalue weighted by molar-refractivity contribution is -0.229. The average molecular weight is 509 g/mol. The Morgan fingerprint density at radius 1 is 1.22 bits per heavy atom. The first-order chi connectivity index (χ1) is 16.8. The number of hydrogen-bond donors (Lipinski definition) is 1. The van der Waals surface area contributed by atoms with E-state index in [2.05, 4.69) is 0 Å². The maximum absolute atomic E-state index is 17.2. The number of Topliss-reactive ketones (excluding diaryl/α,β-unsaturated/α-hetero) is 1. The van der Waals surface area contributed by atoms with Gasteiger partial charge in [-0.3, -0.25) is 19.2 Å². The third-order valence-electron chi connectivity index (χ3n) is 9.35. The van der Waals surface area contributed by atoms with Crippen molar-refractivity contribution in [3.05, 3.63) is 23.8 Å². The number of ether oxygens (including phenoxy) is 2. The van der Waals surface area contributed by atoms with Crippen molar-refractivity contribution in [3.63, 3.8) is 0 Å². The van der Waals surface area contributed by atoms with Crippen LogP contribution in [-0.4, -0.2) is 58.8 Å². The summed E-state index contributed by atoms with van der Waals surface area (Å²) in [6, 6.07) is 0. The van der Waals surface area contributed by atoms with Crippen LogP contribution >= 0.6 is 0 Å². The van der Waals surface area contributed by atoms with Crippen LogP contribution < -0.4 is 0 Å². The highest BCUT2D eigenvalue weighted by Crippen LogP contribution is 2.70. The number of carbonyl (C=O) groups excluding carboxylic acids is 4. The molecule has 0 spiro atoms. The van der Waals surface area contributed by atoms with Crippen molar-refractivity contribution in [1.29, 1.82) is 0 Å². The number of halogens is 2. The summed E-state index contributed by atoms with van der Waals surface area (Å²) < 4.78 is 43.6. The SMILES string of the molecule is CCCC(=O)O[C@@]1(C(=O)COC(C)=O)CC[C@H]2[C@@H]3C[C@H](F)C4=CC(=O)C=C[C@]4(C)[C@]3(F)[C@H](O)C[C@@]21C. The summed E-state index contributed by atoms with van der Waals surface area (Å²) in [5.74, 6) is -3.96. The minimum absolute atomic E-state index is 0.0148. The van der Waals surface area contributed by atoms with E-state index >= 15 is 8.78 Å². The summed E-state index contributed by atoms with van der Waals surface area (Å²) >= 11 is 0. The quantitative estimate of drug-likeness (QED) is 0.547. The molecule has 0 amide bonds. The van der Waals surface area contributed by atoms with E-state index in [0.717, 1.165) is 13.0 Å². The monoisotopic (exact) mass is 508 g/mol. The molecule has 198 valence electrons. The molecule has 0 heterocycles. The molecule has 0 saturated heterocycles. The Kier molecular flexibility index (Phi) is 6.55. The third-order valence-corrected chi connectivity index (χ3v) is 9.35. The van der Waals surface area contributed by atoms with Crippen molar-refractivity contribution in [2.45, 2.75) is 89.8 Å². The second-order valence-electron chi connectivity index (χ2n) is 11.2. The molecule has 0 unspecified atom stereocenters. The number of esters is 2. The molecule has 36 heavy (non-hydrogen) atoms. The number of alkyl halides is 2. The zero-order valence-electron chi connectivity index (χ0n) is 21.1. The molecule has 0 aromatic carbocycles. The first-order valence-electron chi connectivity index (χ1n) is 12.6. The lowest BCUT2D eigenvalue weighted by Gasteiger charge is -2.63. The fraction of sp³-hybridized carbons (Fsp3) is 0.704. The Hall–Kier alpha value is -2.42. The van der Waals surface area contributed by atoms with Gasteiger partial charge in [0.15, 0.2) is 23.7 Å². The van der Waals surface area contributed by atoms with Crippen molar-refractivity contribution < 1.29 is 42.5 Å². The van der Waals surface area contributed by atoms with Gasteiger partial charge in [0.05, 0.1) is 6.10 Å². The van der Waals surface area contributed by atoms with E-state index < -0.39 is 76.3 Å². The molecule has 0 radical (unpaired) electrons. The van der Waals surface area contributed by atoms with Crippen LogP contribution in [0.15, 0.2) is 23.8 Å². The number of aliphatic hydroxyl groups excluding tert-OH is 1. The number of ketones is 2. The van der Waals surface area contributed by atoms with E-state index in [9.17, 15) is 24.3 Å². The van der Waals surface area contributed by atoms with Crippen LogP contribution in [0, 0.1) is 22.7 Å². The van der Waals surface area contributed by atoms with Crippen LogP contribution in [0.2, 0.25) is 0 Å². The molecule has 7 nitrogen and oxygen atoms in total. The summed E-state index contributed by atoms with van der Waals surface area (Å²) in [7, 11) is 0. The molecule has 3 fully saturated rings. The Morgan fingerprint density at radius 2 is 1.92 bits per heavy atom. The summed E-state index contributed by atoms with van der Waals surface area (Å²) in [5.41, 5.74) is -6.80. The van der Waals surface area contributed by atoms with Gasteiger partial charge in [-0.25, -0.2) is 8.78 Å². The maximum atomic E-state index is 17.2. The minimum atomic E-state index is -2.30. The molecule has 9 heteroatoms. The number of aliphatic hydroxyl groups is 1. The molecular weight excluding hydrogens is 474 g/mol. The van der Waals surface area contributed by atoms with Gasteiger partial charge in [0.1, 0.15) is 6.17 Å². The van der Waals surface area contributed by atoms with E-state index in [1.807, 2.05) is 0 Å². The lowest BCUT2D eigenvalue weighted by atomic mass is 9.44.